The lowest BCUT2D eigenvalue weighted by Crippen LogP contribution is -2.34. The Balaban J connectivity index is 1.46. The highest BCUT2D eigenvalue weighted by Crippen LogP contribution is 2.31. The smallest absolute Gasteiger partial charge is 0.225 e. The fraction of sp³-hybridized carbons (Fsp3) is 0.360. The average Bonchev–Trinajstić information content (AvgIpc) is 3.05. The highest BCUT2D eigenvalue weighted by Gasteiger charge is 2.28. The third-order valence-electron chi connectivity index (χ3n) is 5.91. The van der Waals surface area contributed by atoms with Gasteiger partial charge in [0.1, 0.15) is 0 Å². The molecule has 1 aromatic carbocycles. The maximum Gasteiger partial charge on any atom is 0.225 e. The molecule has 0 radical (unpaired) electrons. The van der Waals surface area contributed by atoms with E-state index in [1.54, 1.807) is 13.3 Å². The standard InChI is InChI=1S/C25H28N4O2/c1-29(17-15-20-10-6-7-16-26-20)25(30)19-11-13-21-22(14-12-19)27-23(28-24(21)31-2)18-8-4-3-5-9-18/h3-10,16,19H,11-15,17H2,1-2H3. The summed E-state index contributed by atoms with van der Waals surface area (Å²) in [7, 11) is 3.54. The molecule has 0 bridgehead atoms. The molecular weight excluding hydrogens is 388 g/mol. The Hall–Kier alpha value is -3.28. The van der Waals surface area contributed by atoms with E-state index in [1.807, 2.05) is 60.5 Å². The molecule has 1 atom stereocenters. The van der Waals surface area contributed by atoms with Gasteiger partial charge in [0.05, 0.1) is 12.8 Å². The largest absolute Gasteiger partial charge is 0.481 e. The van der Waals surface area contributed by atoms with Crippen LogP contribution in [0.25, 0.3) is 11.4 Å². The Bertz CT molecular complexity index is 1020. The monoisotopic (exact) mass is 416 g/mol. The van der Waals surface area contributed by atoms with Gasteiger partial charge in [0, 0.05) is 48.9 Å². The van der Waals surface area contributed by atoms with E-state index in [9.17, 15) is 4.79 Å². The van der Waals surface area contributed by atoms with E-state index in [0.29, 0.717) is 18.2 Å². The van der Waals surface area contributed by atoms with Gasteiger partial charge in [-0.15, -0.1) is 0 Å². The van der Waals surface area contributed by atoms with Crippen LogP contribution in [0.4, 0.5) is 0 Å². The number of ether oxygens (including phenoxy) is 1. The SMILES string of the molecule is COc1nc(-c2ccccc2)nc2c1CCC(C(=O)N(C)CCc1ccccn1)CC2. The zero-order chi connectivity index (χ0) is 21.6. The normalized spacial score (nSPS) is 15.6. The fourth-order valence-corrected chi connectivity index (χ4v) is 4.12. The van der Waals surface area contributed by atoms with Crippen LogP contribution in [0.5, 0.6) is 5.88 Å². The van der Waals surface area contributed by atoms with Gasteiger partial charge in [-0.05, 0) is 37.8 Å². The second kappa shape index (κ2) is 9.69. The molecule has 3 aromatic rings. The Morgan fingerprint density at radius 1 is 1.06 bits per heavy atom. The van der Waals surface area contributed by atoms with Crippen molar-refractivity contribution in [2.24, 2.45) is 5.92 Å². The molecule has 0 saturated carbocycles. The van der Waals surface area contributed by atoms with E-state index < -0.39 is 0 Å². The zero-order valence-corrected chi connectivity index (χ0v) is 18.1. The molecule has 1 aliphatic rings. The molecule has 0 saturated heterocycles. The molecule has 2 aromatic heterocycles. The van der Waals surface area contributed by atoms with E-state index in [1.165, 1.54) is 0 Å². The van der Waals surface area contributed by atoms with Crippen molar-refractivity contribution >= 4 is 5.91 Å². The molecule has 160 valence electrons. The van der Waals surface area contributed by atoms with Crippen molar-refractivity contribution in [1.29, 1.82) is 0 Å². The van der Waals surface area contributed by atoms with E-state index >= 15 is 0 Å². The van der Waals surface area contributed by atoms with Crippen molar-refractivity contribution in [3.63, 3.8) is 0 Å². The van der Waals surface area contributed by atoms with Gasteiger partial charge < -0.3 is 9.64 Å². The number of benzene rings is 1. The summed E-state index contributed by atoms with van der Waals surface area (Å²) in [4.78, 5) is 28.8. The molecular formula is C25H28N4O2. The molecule has 1 unspecified atom stereocenters. The molecule has 6 nitrogen and oxygen atoms in total. The van der Waals surface area contributed by atoms with Gasteiger partial charge in [-0.1, -0.05) is 36.4 Å². The number of pyridine rings is 1. The molecule has 4 rings (SSSR count). The Morgan fingerprint density at radius 2 is 1.84 bits per heavy atom. The van der Waals surface area contributed by atoms with Crippen LogP contribution in [-0.2, 0) is 24.1 Å². The summed E-state index contributed by atoms with van der Waals surface area (Å²) in [5, 5.41) is 0. The lowest BCUT2D eigenvalue weighted by atomic mass is 9.98. The number of aromatic nitrogens is 3. The number of carbonyl (C=O) groups is 1. The van der Waals surface area contributed by atoms with Crippen LogP contribution < -0.4 is 4.74 Å². The first-order valence-electron chi connectivity index (χ1n) is 10.8. The van der Waals surface area contributed by atoms with E-state index in [2.05, 4.69) is 9.97 Å². The third kappa shape index (κ3) is 4.90. The van der Waals surface area contributed by atoms with Crippen LogP contribution in [0.15, 0.2) is 54.7 Å². The second-order valence-electron chi connectivity index (χ2n) is 7.95. The number of hydrogen-bond acceptors (Lipinski definition) is 5. The van der Waals surface area contributed by atoms with E-state index in [4.69, 9.17) is 9.72 Å². The number of fused-ring (bicyclic) bond motifs is 1. The van der Waals surface area contributed by atoms with Gasteiger partial charge in [0.25, 0.3) is 0 Å². The number of methoxy groups -OCH3 is 1. The van der Waals surface area contributed by atoms with Crippen molar-refractivity contribution in [2.75, 3.05) is 20.7 Å². The highest BCUT2D eigenvalue weighted by atomic mass is 16.5. The summed E-state index contributed by atoms with van der Waals surface area (Å²) in [6, 6.07) is 15.8. The van der Waals surface area contributed by atoms with Gasteiger partial charge in [-0.3, -0.25) is 9.78 Å². The average molecular weight is 417 g/mol. The molecule has 1 amide bonds. The van der Waals surface area contributed by atoms with Gasteiger partial charge in [0.15, 0.2) is 5.82 Å². The maximum absolute atomic E-state index is 13.1. The first-order valence-corrected chi connectivity index (χ1v) is 10.8. The number of carbonyl (C=O) groups excluding carboxylic acids is 1. The lowest BCUT2D eigenvalue weighted by molar-refractivity contribution is -0.134. The Morgan fingerprint density at radius 3 is 2.58 bits per heavy atom. The summed E-state index contributed by atoms with van der Waals surface area (Å²) in [6.45, 7) is 0.667. The maximum atomic E-state index is 13.1. The third-order valence-corrected chi connectivity index (χ3v) is 5.91. The molecule has 2 heterocycles. The second-order valence-corrected chi connectivity index (χ2v) is 7.95. The van der Waals surface area contributed by atoms with Crippen LogP contribution >= 0.6 is 0 Å². The number of rotatable bonds is 6. The Labute approximate surface area is 183 Å². The number of aryl methyl sites for hydroxylation is 1. The summed E-state index contributed by atoms with van der Waals surface area (Å²) in [5.74, 6) is 1.47. The predicted molar refractivity (Wildman–Crippen MR) is 120 cm³/mol. The van der Waals surface area contributed by atoms with Crippen LogP contribution in [0.3, 0.4) is 0 Å². The van der Waals surface area contributed by atoms with Gasteiger partial charge in [-0.2, -0.15) is 4.98 Å². The molecule has 0 fully saturated rings. The highest BCUT2D eigenvalue weighted by molar-refractivity contribution is 5.78. The first kappa shape index (κ1) is 21.0. The number of nitrogens with zero attached hydrogens (tertiary/aromatic N) is 4. The molecule has 0 spiro atoms. The van der Waals surface area contributed by atoms with E-state index in [-0.39, 0.29) is 11.8 Å². The number of amides is 1. The molecule has 0 aliphatic heterocycles. The van der Waals surface area contributed by atoms with Crippen molar-refractivity contribution in [2.45, 2.75) is 32.1 Å². The minimum Gasteiger partial charge on any atom is -0.481 e. The van der Waals surface area contributed by atoms with Crippen LogP contribution in [0.2, 0.25) is 0 Å². The van der Waals surface area contributed by atoms with Gasteiger partial charge in [0.2, 0.25) is 11.8 Å². The summed E-state index contributed by atoms with van der Waals surface area (Å²) in [5.41, 5.74) is 4.00. The molecule has 0 N–H and O–H groups in total. The summed E-state index contributed by atoms with van der Waals surface area (Å²) in [6.07, 6.45) is 5.61. The van der Waals surface area contributed by atoms with Gasteiger partial charge in [-0.25, -0.2) is 4.98 Å². The van der Waals surface area contributed by atoms with Crippen LogP contribution in [0.1, 0.15) is 29.8 Å². The van der Waals surface area contributed by atoms with E-state index in [0.717, 1.165) is 54.6 Å². The Kier molecular flexibility index (Phi) is 6.55. The van der Waals surface area contributed by atoms with Crippen LogP contribution in [0, 0.1) is 5.92 Å². The molecule has 6 heteroatoms. The minimum atomic E-state index is -0.0205. The topological polar surface area (TPSA) is 68.2 Å². The van der Waals surface area contributed by atoms with Crippen molar-refractivity contribution in [1.82, 2.24) is 19.9 Å². The number of hydrogen-bond donors (Lipinski definition) is 0. The summed E-state index contributed by atoms with van der Waals surface area (Å²) < 4.78 is 5.61. The fourth-order valence-electron chi connectivity index (χ4n) is 4.12. The summed E-state index contributed by atoms with van der Waals surface area (Å²) >= 11 is 0. The first-order chi connectivity index (χ1) is 15.2. The molecule has 31 heavy (non-hydrogen) atoms. The molecule has 1 aliphatic carbocycles. The van der Waals surface area contributed by atoms with Crippen LogP contribution in [-0.4, -0.2) is 46.5 Å². The predicted octanol–water partition coefficient (Wildman–Crippen LogP) is 3.74. The minimum absolute atomic E-state index is 0.0205. The quantitative estimate of drug-likeness (QED) is 0.573. The van der Waals surface area contributed by atoms with Crippen molar-refractivity contribution < 1.29 is 9.53 Å². The van der Waals surface area contributed by atoms with Gasteiger partial charge >= 0.3 is 0 Å². The zero-order valence-electron chi connectivity index (χ0n) is 18.1. The number of likely N-dealkylation sites (N-methyl/N-ethyl adjacent to an activating group) is 1. The van der Waals surface area contributed by atoms with Crippen molar-refractivity contribution in [3.8, 4) is 17.3 Å². The lowest BCUT2D eigenvalue weighted by Gasteiger charge is -2.22. The van der Waals surface area contributed by atoms with Crippen molar-refractivity contribution in [3.05, 3.63) is 71.7 Å².